The first-order chi connectivity index (χ1) is 10.4. The predicted octanol–water partition coefficient (Wildman–Crippen LogP) is 3.97. The van der Waals surface area contributed by atoms with Gasteiger partial charge in [-0.15, -0.1) is 11.3 Å². The highest BCUT2D eigenvalue weighted by Gasteiger charge is 2.15. The highest BCUT2D eigenvalue weighted by atomic mass is 32.1. The monoisotopic (exact) mass is 297 g/mol. The van der Waals surface area contributed by atoms with Crippen LogP contribution in [0.25, 0.3) is 10.9 Å². The second-order valence-corrected chi connectivity index (χ2v) is 6.07. The minimum Gasteiger partial charge on any atom is -0.310 e. The first-order valence-electron chi connectivity index (χ1n) is 7.33. The van der Waals surface area contributed by atoms with Crippen LogP contribution in [0.4, 0.5) is 0 Å². The maximum Gasteiger partial charge on any atom is 0.0794 e. The molecule has 0 amide bonds. The number of para-hydroxylation sites is 1. The summed E-state index contributed by atoms with van der Waals surface area (Å²) in [4.78, 5) is 9.96. The van der Waals surface area contributed by atoms with Gasteiger partial charge in [-0.1, -0.05) is 25.1 Å². The number of nitrogens with one attached hydrogen (secondary N) is 1. The van der Waals surface area contributed by atoms with Crippen LogP contribution in [0.3, 0.4) is 0 Å². The first-order valence-corrected chi connectivity index (χ1v) is 8.21. The fourth-order valence-electron chi connectivity index (χ4n) is 2.58. The van der Waals surface area contributed by atoms with Crippen molar-refractivity contribution >= 4 is 22.2 Å². The molecule has 1 aromatic carbocycles. The van der Waals surface area contributed by atoms with Crippen LogP contribution in [-0.2, 0) is 6.42 Å². The molecule has 108 valence electrons. The molecular weight excluding hydrogens is 278 g/mol. The van der Waals surface area contributed by atoms with Gasteiger partial charge in [-0.25, -0.2) is 0 Å². The Morgan fingerprint density at radius 3 is 2.95 bits per heavy atom. The van der Waals surface area contributed by atoms with Gasteiger partial charge in [-0.3, -0.25) is 9.97 Å². The smallest absolute Gasteiger partial charge is 0.0794 e. The molecule has 0 aliphatic heterocycles. The molecule has 4 heteroatoms. The Bertz CT molecular complexity index is 689. The number of hydrogen-bond donors (Lipinski definition) is 1. The van der Waals surface area contributed by atoms with Gasteiger partial charge in [-0.05, 0) is 30.7 Å². The summed E-state index contributed by atoms with van der Waals surface area (Å²) in [7, 11) is 0. The zero-order valence-electron chi connectivity index (χ0n) is 12.1. The third-order valence-electron chi connectivity index (χ3n) is 3.59. The summed E-state index contributed by atoms with van der Waals surface area (Å²) in [6.45, 7) is 3.21. The van der Waals surface area contributed by atoms with Crippen molar-refractivity contribution < 1.29 is 0 Å². The van der Waals surface area contributed by atoms with Crippen molar-refractivity contribution in [3.05, 3.63) is 58.7 Å². The van der Waals surface area contributed by atoms with E-state index in [4.69, 9.17) is 0 Å². The molecule has 21 heavy (non-hydrogen) atoms. The Morgan fingerprint density at radius 1 is 1.24 bits per heavy atom. The number of fused-ring (bicyclic) bond motifs is 1. The van der Waals surface area contributed by atoms with Crippen LogP contribution in [0.1, 0.15) is 29.8 Å². The van der Waals surface area contributed by atoms with Gasteiger partial charge in [0.2, 0.25) is 0 Å². The minimum atomic E-state index is 0.304. The number of nitrogens with zero attached hydrogens (tertiary/aromatic N) is 2. The van der Waals surface area contributed by atoms with Crippen LogP contribution in [0, 0.1) is 0 Å². The van der Waals surface area contributed by atoms with Crippen molar-refractivity contribution in [1.82, 2.24) is 15.3 Å². The van der Waals surface area contributed by atoms with Crippen molar-refractivity contribution in [1.29, 1.82) is 0 Å². The van der Waals surface area contributed by atoms with E-state index in [2.05, 4.69) is 46.5 Å². The third kappa shape index (κ3) is 3.28. The van der Waals surface area contributed by atoms with E-state index in [0.717, 1.165) is 24.9 Å². The molecule has 1 N–H and O–H groups in total. The molecule has 3 aromatic rings. The lowest BCUT2D eigenvalue weighted by Gasteiger charge is -2.20. The largest absolute Gasteiger partial charge is 0.310 e. The van der Waals surface area contributed by atoms with E-state index >= 15 is 0 Å². The molecular formula is C17H19N3S. The van der Waals surface area contributed by atoms with Gasteiger partial charge < -0.3 is 5.32 Å². The van der Waals surface area contributed by atoms with Gasteiger partial charge in [0.1, 0.15) is 0 Å². The number of rotatable bonds is 6. The zero-order chi connectivity index (χ0) is 14.5. The summed E-state index contributed by atoms with van der Waals surface area (Å²) >= 11 is 1.72. The van der Waals surface area contributed by atoms with E-state index in [1.807, 2.05) is 24.0 Å². The molecule has 3 nitrogen and oxygen atoms in total. The second-order valence-electron chi connectivity index (χ2n) is 5.10. The lowest BCUT2D eigenvalue weighted by molar-refractivity contribution is 0.535. The van der Waals surface area contributed by atoms with Crippen molar-refractivity contribution in [3.63, 3.8) is 0 Å². The Morgan fingerprint density at radius 2 is 2.14 bits per heavy atom. The number of benzene rings is 1. The predicted molar refractivity (Wildman–Crippen MR) is 88.6 cm³/mol. The SMILES string of the molecule is CCCNC(Cc1cncs1)c1ccnc2ccccc12. The number of aromatic nitrogens is 2. The van der Waals surface area contributed by atoms with Gasteiger partial charge >= 0.3 is 0 Å². The molecule has 0 saturated heterocycles. The molecule has 2 heterocycles. The maximum atomic E-state index is 4.46. The van der Waals surface area contributed by atoms with Crippen LogP contribution in [0.5, 0.6) is 0 Å². The lowest BCUT2D eigenvalue weighted by atomic mass is 9.99. The van der Waals surface area contributed by atoms with E-state index in [1.165, 1.54) is 15.8 Å². The molecule has 0 saturated carbocycles. The van der Waals surface area contributed by atoms with E-state index in [1.54, 1.807) is 11.3 Å². The van der Waals surface area contributed by atoms with Gasteiger partial charge in [-0.2, -0.15) is 0 Å². The molecule has 3 rings (SSSR count). The molecule has 0 aliphatic carbocycles. The highest BCUT2D eigenvalue weighted by Crippen LogP contribution is 2.26. The highest BCUT2D eigenvalue weighted by molar-refractivity contribution is 7.09. The van der Waals surface area contributed by atoms with Crippen molar-refractivity contribution in [2.45, 2.75) is 25.8 Å². The molecule has 0 radical (unpaired) electrons. The Hall–Kier alpha value is -1.78. The van der Waals surface area contributed by atoms with Gasteiger partial charge in [0.25, 0.3) is 0 Å². The average molecular weight is 297 g/mol. The molecule has 0 fully saturated rings. The molecule has 0 bridgehead atoms. The molecule has 2 aromatic heterocycles. The molecule has 0 aliphatic rings. The van der Waals surface area contributed by atoms with Gasteiger partial charge in [0.05, 0.1) is 11.0 Å². The third-order valence-corrected chi connectivity index (χ3v) is 4.39. The van der Waals surface area contributed by atoms with E-state index < -0.39 is 0 Å². The Balaban J connectivity index is 1.97. The fourth-order valence-corrected chi connectivity index (χ4v) is 3.22. The second kappa shape index (κ2) is 6.78. The maximum absolute atomic E-state index is 4.46. The quantitative estimate of drug-likeness (QED) is 0.748. The van der Waals surface area contributed by atoms with E-state index in [-0.39, 0.29) is 0 Å². The summed E-state index contributed by atoms with van der Waals surface area (Å²) in [5.41, 5.74) is 4.28. The van der Waals surface area contributed by atoms with Crippen LogP contribution in [0.15, 0.2) is 48.2 Å². The standard InChI is InChI=1S/C17H19N3S/c1-2-8-19-17(10-13-11-18-12-21-13)15-7-9-20-16-6-4-3-5-14(15)16/h3-7,9,11-12,17,19H,2,8,10H2,1H3. The van der Waals surface area contributed by atoms with Crippen LogP contribution in [-0.4, -0.2) is 16.5 Å². The normalized spacial score (nSPS) is 12.6. The topological polar surface area (TPSA) is 37.8 Å². The summed E-state index contributed by atoms with van der Waals surface area (Å²) < 4.78 is 0. The van der Waals surface area contributed by atoms with E-state index in [9.17, 15) is 0 Å². The summed E-state index contributed by atoms with van der Waals surface area (Å²) in [6.07, 6.45) is 5.97. The first kappa shape index (κ1) is 14.2. The lowest BCUT2D eigenvalue weighted by Crippen LogP contribution is -2.24. The fraction of sp³-hybridized carbons (Fsp3) is 0.294. The minimum absolute atomic E-state index is 0.304. The Kier molecular flexibility index (Phi) is 4.58. The van der Waals surface area contributed by atoms with Crippen molar-refractivity contribution in [3.8, 4) is 0 Å². The number of thiazole rings is 1. The van der Waals surface area contributed by atoms with Gasteiger partial charge in [0.15, 0.2) is 0 Å². The summed E-state index contributed by atoms with van der Waals surface area (Å²) in [6, 6.07) is 10.8. The van der Waals surface area contributed by atoms with Crippen molar-refractivity contribution in [2.24, 2.45) is 0 Å². The van der Waals surface area contributed by atoms with Crippen molar-refractivity contribution in [2.75, 3.05) is 6.54 Å². The van der Waals surface area contributed by atoms with Crippen LogP contribution >= 0.6 is 11.3 Å². The summed E-state index contributed by atoms with van der Waals surface area (Å²) in [5.74, 6) is 0. The van der Waals surface area contributed by atoms with E-state index in [0.29, 0.717) is 6.04 Å². The van der Waals surface area contributed by atoms with Gasteiger partial charge in [0, 0.05) is 35.1 Å². The molecule has 0 spiro atoms. The van der Waals surface area contributed by atoms with Crippen LogP contribution in [0.2, 0.25) is 0 Å². The van der Waals surface area contributed by atoms with Crippen LogP contribution < -0.4 is 5.32 Å². The zero-order valence-corrected chi connectivity index (χ0v) is 12.9. The number of hydrogen-bond acceptors (Lipinski definition) is 4. The molecule has 1 unspecified atom stereocenters. The average Bonchev–Trinajstić information content (AvgIpc) is 3.04. The molecule has 1 atom stereocenters. The Labute approximate surface area is 129 Å². The summed E-state index contributed by atoms with van der Waals surface area (Å²) in [5, 5.41) is 4.90. The number of pyridine rings is 1.